The molecule has 39 heavy (non-hydrogen) atoms. The second kappa shape index (κ2) is 14.9. The summed E-state index contributed by atoms with van der Waals surface area (Å²) in [6.07, 6.45) is 0.854. The van der Waals surface area contributed by atoms with Gasteiger partial charge in [0, 0.05) is 11.4 Å². The molecular formula is C29H30BrCl2N3O4. The number of carbonyl (C=O) groups excluding carboxylic acids is 2. The molecule has 10 heteroatoms. The zero-order valence-corrected chi connectivity index (χ0v) is 24.9. The Kier molecular flexibility index (Phi) is 11.7. The molecule has 2 N–H and O–H groups in total. The van der Waals surface area contributed by atoms with Crippen LogP contribution in [0.3, 0.4) is 0 Å². The standard InChI is InChI=1S/C29H30BrCl2N3O4/c1-18(2)17-38-26-11-9-21(13-23(26)30)16-33-35-29(37)25(14-20-7-5-4-6-8-20)34-28(36)19(3)39-27-12-10-22(31)15-24(27)32/h4-13,15-16,18-19,25H,14,17H2,1-3H3,(H,34,36)(H,35,37)/b33-16-/t19-,25+/m1/s1. The number of hydrogen-bond acceptors (Lipinski definition) is 5. The fourth-order valence-electron chi connectivity index (χ4n) is 3.38. The lowest BCUT2D eigenvalue weighted by Gasteiger charge is -2.21. The summed E-state index contributed by atoms with van der Waals surface area (Å²) in [5.74, 6) is 0.483. The lowest BCUT2D eigenvalue weighted by Crippen LogP contribution is -2.50. The predicted molar refractivity (Wildman–Crippen MR) is 159 cm³/mol. The number of hydrazone groups is 1. The van der Waals surface area contributed by atoms with Gasteiger partial charge in [-0.05, 0) is 76.3 Å². The molecule has 0 spiro atoms. The summed E-state index contributed by atoms with van der Waals surface area (Å²) in [6.45, 7) is 6.33. The van der Waals surface area contributed by atoms with Gasteiger partial charge in [0.2, 0.25) is 0 Å². The number of hydrogen-bond donors (Lipinski definition) is 2. The summed E-state index contributed by atoms with van der Waals surface area (Å²) in [4.78, 5) is 26.0. The third-order valence-corrected chi connectivity index (χ3v) is 6.55. The SMILES string of the molecule is CC(C)COc1ccc(/C=N\NC(=O)[C@H](Cc2ccccc2)NC(=O)[C@@H](C)Oc2ccc(Cl)cc2Cl)cc1Br. The van der Waals surface area contributed by atoms with Gasteiger partial charge in [0.25, 0.3) is 11.8 Å². The van der Waals surface area contributed by atoms with Crippen LogP contribution < -0.4 is 20.2 Å². The van der Waals surface area contributed by atoms with Crippen LogP contribution >= 0.6 is 39.1 Å². The van der Waals surface area contributed by atoms with Crippen LogP contribution in [0.15, 0.2) is 76.3 Å². The number of rotatable bonds is 12. The topological polar surface area (TPSA) is 89.0 Å². The van der Waals surface area contributed by atoms with Crippen molar-refractivity contribution in [1.82, 2.24) is 10.7 Å². The molecule has 0 unspecified atom stereocenters. The molecule has 0 aliphatic rings. The monoisotopic (exact) mass is 633 g/mol. The third kappa shape index (κ3) is 9.88. The summed E-state index contributed by atoms with van der Waals surface area (Å²) in [5, 5.41) is 7.58. The van der Waals surface area contributed by atoms with Crippen LogP contribution in [0.5, 0.6) is 11.5 Å². The number of amides is 2. The van der Waals surface area contributed by atoms with E-state index in [1.54, 1.807) is 19.1 Å². The van der Waals surface area contributed by atoms with Crippen molar-refractivity contribution in [1.29, 1.82) is 0 Å². The molecule has 2 atom stereocenters. The van der Waals surface area contributed by atoms with Crippen molar-refractivity contribution in [2.75, 3.05) is 6.61 Å². The quantitative estimate of drug-likeness (QED) is 0.177. The Balaban J connectivity index is 1.66. The second-order valence-electron chi connectivity index (χ2n) is 9.21. The highest BCUT2D eigenvalue weighted by atomic mass is 79.9. The van der Waals surface area contributed by atoms with Crippen molar-refractivity contribution in [3.05, 3.63) is 92.4 Å². The van der Waals surface area contributed by atoms with Gasteiger partial charge in [0.15, 0.2) is 6.10 Å². The zero-order chi connectivity index (χ0) is 28.4. The maximum atomic E-state index is 13.1. The predicted octanol–water partition coefficient (Wildman–Crippen LogP) is 6.44. The molecule has 0 aliphatic heterocycles. The van der Waals surface area contributed by atoms with Crippen molar-refractivity contribution in [3.63, 3.8) is 0 Å². The highest BCUT2D eigenvalue weighted by Gasteiger charge is 2.25. The van der Waals surface area contributed by atoms with Gasteiger partial charge in [-0.2, -0.15) is 5.10 Å². The first kappa shape index (κ1) is 30.5. The summed E-state index contributed by atoms with van der Waals surface area (Å²) >= 11 is 15.6. The molecule has 0 bridgehead atoms. The molecule has 0 heterocycles. The summed E-state index contributed by atoms with van der Waals surface area (Å²) in [6, 6.07) is 18.7. The zero-order valence-electron chi connectivity index (χ0n) is 21.8. The Morgan fingerprint density at radius 1 is 0.974 bits per heavy atom. The average Bonchev–Trinajstić information content (AvgIpc) is 2.89. The molecule has 0 saturated heterocycles. The average molecular weight is 635 g/mol. The van der Waals surface area contributed by atoms with Gasteiger partial charge in [-0.25, -0.2) is 5.43 Å². The van der Waals surface area contributed by atoms with Crippen LogP contribution in [0.25, 0.3) is 0 Å². The largest absolute Gasteiger partial charge is 0.492 e. The van der Waals surface area contributed by atoms with Gasteiger partial charge in [-0.15, -0.1) is 0 Å². The Hall–Kier alpha value is -3.07. The van der Waals surface area contributed by atoms with Crippen LogP contribution in [0.4, 0.5) is 0 Å². The van der Waals surface area contributed by atoms with E-state index in [0.29, 0.717) is 23.3 Å². The molecule has 2 amide bonds. The number of halogens is 3. The molecular weight excluding hydrogens is 605 g/mol. The van der Waals surface area contributed by atoms with Gasteiger partial charge < -0.3 is 14.8 Å². The first-order valence-corrected chi connectivity index (χ1v) is 13.9. The molecule has 3 rings (SSSR count). The molecule has 0 radical (unpaired) electrons. The van der Waals surface area contributed by atoms with Gasteiger partial charge in [0.05, 0.1) is 22.3 Å². The minimum atomic E-state index is -0.924. The van der Waals surface area contributed by atoms with Crippen LogP contribution in [0, 0.1) is 5.92 Å². The molecule has 206 valence electrons. The van der Waals surface area contributed by atoms with Crippen LogP contribution in [0.2, 0.25) is 10.0 Å². The van der Waals surface area contributed by atoms with Gasteiger partial charge >= 0.3 is 0 Å². The van der Waals surface area contributed by atoms with E-state index in [2.05, 4.69) is 45.6 Å². The number of nitrogens with one attached hydrogen (secondary N) is 2. The summed E-state index contributed by atoms with van der Waals surface area (Å²) in [5.41, 5.74) is 4.15. The smallest absolute Gasteiger partial charge is 0.262 e. The van der Waals surface area contributed by atoms with Crippen molar-refractivity contribution >= 4 is 57.2 Å². The number of benzene rings is 3. The fraction of sp³-hybridized carbons (Fsp3) is 0.276. The van der Waals surface area contributed by atoms with E-state index < -0.39 is 24.0 Å². The van der Waals surface area contributed by atoms with E-state index in [4.69, 9.17) is 32.7 Å². The number of nitrogens with zero attached hydrogens (tertiary/aromatic N) is 1. The van der Waals surface area contributed by atoms with Crippen molar-refractivity contribution < 1.29 is 19.1 Å². The van der Waals surface area contributed by atoms with Crippen LogP contribution in [-0.2, 0) is 16.0 Å². The molecule has 0 aliphatic carbocycles. The molecule has 3 aromatic carbocycles. The minimum absolute atomic E-state index is 0.260. The Morgan fingerprint density at radius 2 is 1.69 bits per heavy atom. The second-order valence-corrected chi connectivity index (χ2v) is 10.9. The van der Waals surface area contributed by atoms with Crippen molar-refractivity contribution in [2.24, 2.45) is 11.0 Å². The summed E-state index contributed by atoms with van der Waals surface area (Å²) < 4.78 is 12.2. The van der Waals surface area contributed by atoms with E-state index in [-0.39, 0.29) is 11.4 Å². The molecule has 7 nitrogen and oxygen atoms in total. The molecule has 0 aromatic heterocycles. The fourth-order valence-corrected chi connectivity index (χ4v) is 4.35. The first-order valence-electron chi connectivity index (χ1n) is 12.3. The van der Waals surface area contributed by atoms with Crippen molar-refractivity contribution in [3.8, 4) is 11.5 Å². The highest BCUT2D eigenvalue weighted by Crippen LogP contribution is 2.28. The van der Waals surface area contributed by atoms with E-state index in [9.17, 15) is 9.59 Å². The Morgan fingerprint density at radius 3 is 2.36 bits per heavy atom. The number of carbonyl (C=O) groups is 2. The third-order valence-electron chi connectivity index (χ3n) is 5.40. The Labute approximate surface area is 247 Å². The van der Waals surface area contributed by atoms with Gasteiger partial charge in [0.1, 0.15) is 17.5 Å². The lowest BCUT2D eigenvalue weighted by molar-refractivity contribution is -0.132. The van der Waals surface area contributed by atoms with Gasteiger partial charge in [-0.3, -0.25) is 9.59 Å². The molecule has 0 fully saturated rings. The van der Waals surface area contributed by atoms with Crippen LogP contribution in [0.1, 0.15) is 31.9 Å². The maximum Gasteiger partial charge on any atom is 0.262 e. The first-order chi connectivity index (χ1) is 18.6. The highest BCUT2D eigenvalue weighted by molar-refractivity contribution is 9.10. The van der Waals surface area contributed by atoms with E-state index in [1.165, 1.54) is 12.3 Å². The maximum absolute atomic E-state index is 13.1. The van der Waals surface area contributed by atoms with E-state index in [0.717, 1.165) is 21.3 Å². The van der Waals surface area contributed by atoms with Gasteiger partial charge in [-0.1, -0.05) is 67.4 Å². The van der Waals surface area contributed by atoms with Crippen molar-refractivity contribution in [2.45, 2.75) is 39.3 Å². The summed E-state index contributed by atoms with van der Waals surface area (Å²) in [7, 11) is 0. The lowest BCUT2D eigenvalue weighted by atomic mass is 10.1. The number of ether oxygens (including phenoxy) is 2. The Bertz CT molecular complexity index is 1300. The van der Waals surface area contributed by atoms with E-state index in [1.807, 2.05) is 48.5 Å². The molecule has 0 saturated carbocycles. The van der Waals surface area contributed by atoms with E-state index >= 15 is 0 Å². The molecule has 3 aromatic rings. The normalized spacial score (nSPS) is 12.7. The van der Waals surface area contributed by atoms with Crippen LogP contribution in [-0.4, -0.2) is 36.8 Å². The minimum Gasteiger partial charge on any atom is -0.492 e.